The fourth-order valence-electron chi connectivity index (χ4n) is 8.82. The maximum Gasteiger partial charge on any atom is 0.162 e. The molecule has 0 radical (unpaired) electrons. The van der Waals surface area contributed by atoms with Gasteiger partial charge in [0.2, 0.25) is 0 Å². The molecule has 9 aromatic carbocycles. The van der Waals surface area contributed by atoms with E-state index < -0.39 is 0 Å². The molecule has 0 unspecified atom stereocenters. The van der Waals surface area contributed by atoms with Gasteiger partial charge in [-0.25, -0.2) is 9.98 Å². The van der Waals surface area contributed by atoms with Gasteiger partial charge in [0.05, 0.1) is 27.8 Å². The zero-order valence-corrected chi connectivity index (χ0v) is 34.4. The molecule has 0 aliphatic rings. The molecule has 0 saturated carbocycles. The topological polar surface area (TPSA) is 60.6 Å². The molecular formula is C58H41N5. The number of hydrogen-bond donors (Lipinski definition) is 1. The van der Waals surface area contributed by atoms with Crippen molar-refractivity contribution in [3.05, 3.63) is 248 Å². The van der Waals surface area contributed by atoms with Crippen LogP contribution in [-0.4, -0.2) is 20.8 Å². The van der Waals surface area contributed by atoms with E-state index in [9.17, 15) is 0 Å². The maximum absolute atomic E-state index is 6.71. The van der Waals surface area contributed by atoms with Crippen molar-refractivity contribution in [3.8, 4) is 33.6 Å². The summed E-state index contributed by atoms with van der Waals surface area (Å²) >= 11 is 0. The Labute approximate surface area is 365 Å². The molecule has 0 aliphatic heterocycles. The van der Waals surface area contributed by atoms with E-state index in [1.54, 1.807) is 0 Å². The molecule has 0 bridgehead atoms. The molecule has 11 rings (SSSR count). The van der Waals surface area contributed by atoms with Crippen LogP contribution in [0.4, 0.5) is 0 Å². The quantitative estimate of drug-likeness (QED) is 0.121. The molecule has 2 aromatic heterocycles. The molecule has 5 nitrogen and oxygen atoms in total. The van der Waals surface area contributed by atoms with Crippen molar-refractivity contribution in [2.45, 2.75) is 0 Å². The molecule has 0 spiro atoms. The average molecular weight is 808 g/mol. The monoisotopic (exact) mass is 807 g/mol. The highest BCUT2D eigenvalue weighted by molar-refractivity contribution is 6.13. The van der Waals surface area contributed by atoms with Crippen LogP contribution in [0.15, 0.2) is 241 Å². The Morgan fingerprint density at radius 3 is 1.48 bits per heavy atom. The molecule has 0 saturated heterocycles. The number of benzene rings is 9. The predicted molar refractivity (Wildman–Crippen MR) is 265 cm³/mol. The van der Waals surface area contributed by atoms with Crippen LogP contribution in [0.5, 0.6) is 0 Å². The summed E-state index contributed by atoms with van der Waals surface area (Å²) in [7, 11) is 0. The van der Waals surface area contributed by atoms with Crippen molar-refractivity contribution in [1.82, 2.24) is 9.13 Å². The third-order valence-electron chi connectivity index (χ3n) is 11.9. The summed E-state index contributed by atoms with van der Waals surface area (Å²) in [5.74, 6) is 0.876. The molecule has 0 atom stereocenters. The first kappa shape index (κ1) is 37.5. The maximum atomic E-state index is 6.71. The Kier molecular flexibility index (Phi) is 9.40. The van der Waals surface area contributed by atoms with E-state index >= 15 is 0 Å². The van der Waals surface area contributed by atoms with Gasteiger partial charge >= 0.3 is 0 Å². The smallest absolute Gasteiger partial charge is 0.162 e. The van der Waals surface area contributed by atoms with Crippen LogP contribution < -0.4 is 5.73 Å². The molecule has 11 aromatic rings. The van der Waals surface area contributed by atoms with Crippen LogP contribution in [0.3, 0.4) is 0 Å². The van der Waals surface area contributed by atoms with Crippen LogP contribution in [0, 0.1) is 0 Å². The zero-order chi connectivity index (χ0) is 42.3. The first-order chi connectivity index (χ1) is 31.1. The van der Waals surface area contributed by atoms with Crippen LogP contribution in [-0.2, 0) is 0 Å². The van der Waals surface area contributed by atoms with E-state index in [0.29, 0.717) is 17.4 Å². The van der Waals surface area contributed by atoms with E-state index in [-0.39, 0.29) is 0 Å². The standard InChI is InChI=1S/C58H41N5/c1-39(40-15-5-2-6-16-40)60-58(44-19-9-4-10-20-44)61-57(59)43-27-33-47(34-28-43)62-54-24-14-12-22-50(54)52-37-45(30-36-55(52)62)42-25-31-48(32-26-42)63-53-23-13-11-21-49(53)51-35-29-46(38-56(51)63)41-17-7-3-8-18-41/h2-38H,1H2,(H2,59,60,61). The SMILES string of the molecule is C=C(/N=C(\N=C(/N)c1ccc(-n2c3ccccc3c3cc(-c4ccc(-n5c6ccccc6c6ccc(-c7ccccc7)cc65)cc4)ccc32)cc1)c1ccccc1)c1ccccc1. The lowest BCUT2D eigenvalue weighted by Crippen LogP contribution is -2.16. The van der Waals surface area contributed by atoms with E-state index in [1.165, 1.54) is 43.7 Å². The summed E-state index contributed by atoms with van der Waals surface area (Å²) in [5.41, 5.74) is 21.5. The second-order valence-electron chi connectivity index (χ2n) is 15.7. The van der Waals surface area contributed by atoms with Crippen molar-refractivity contribution in [1.29, 1.82) is 0 Å². The molecular weight excluding hydrogens is 767 g/mol. The fraction of sp³-hybridized carbons (Fsp3) is 0. The number of amidine groups is 2. The van der Waals surface area contributed by atoms with Crippen molar-refractivity contribution >= 4 is 61.0 Å². The van der Waals surface area contributed by atoms with Gasteiger partial charge < -0.3 is 14.9 Å². The molecule has 2 N–H and O–H groups in total. The fourth-order valence-corrected chi connectivity index (χ4v) is 8.82. The molecule has 0 fully saturated rings. The first-order valence-corrected chi connectivity index (χ1v) is 21.1. The molecule has 2 heterocycles. The second kappa shape index (κ2) is 15.8. The van der Waals surface area contributed by atoms with Gasteiger partial charge in [-0.3, -0.25) is 0 Å². The Morgan fingerprint density at radius 2 is 0.810 bits per heavy atom. The van der Waals surface area contributed by atoms with Crippen molar-refractivity contribution < 1.29 is 0 Å². The number of aromatic nitrogens is 2. The van der Waals surface area contributed by atoms with Crippen LogP contribution in [0.2, 0.25) is 0 Å². The van der Waals surface area contributed by atoms with Crippen LogP contribution in [0.25, 0.3) is 82.9 Å². The van der Waals surface area contributed by atoms with Gasteiger partial charge in [-0.15, -0.1) is 0 Å². The van der Waals surface area contributed by atoms with E-state index in [4.69, 9.17) is 15.7 Å². The van der Waals surface area contributed by atoms with E-state index in [0.717, 1.165) is 50.2 Å². The molecule has 0 aliphatic carbocycles. The Hall–Kier alpha value is -8.54. The summed E-state index contributed by atoms with van der Waals surface area (Å²) in [6.45, 7) is 4.22. The van der Waals surface area contributed by atoms with Gasteiger partial charge in [0, 0.05) is 44.0 Å². The molecule has 63 heavy (non-hydrogen) atoms. The lowest BCUT2D eigenvalue weighted by molar-refractivity contribution is 1.18. The van der Waals surface area contributed by atoms with E-state index in [1.807, 2.05) is 72.8 Å². The second-order valence-corrected chi connectivity index (χ2v) is 15.7. The van der Waals surface area contributed by atoms with Crippen molar-refractivity contribution in [2.24, 2.45) is 15.7 Å². The minimum atomic E-state index is 0.373. The minimum Gasteiger partial charge on any atom is -0.383 e. The van der Waals surface area contributed by atoms with Gasteiger partial charge in [0.15, 0.2) is 5.84 Å². The largest absolute Gasteiger partial charge is 0.383 e. The van der Waals surface area contributed by atoms with Gasteiger partial charge in [0.25, 0.3) is 0 Å². The summed E-state index contributed by atoms with van der Waals surface area (Å²) in [4.78, 5) is 9.69. The summed E-state index contributed by atoms with van der Waals surface area (Å²) in [6.07, 6.45) is 0. The zero-order valence-electron chi connectivity index (χ0n) is 34.4. The number of aliphatic imine (C=N–C) groups is 2. The number of fused-ring (bicyclic) bond motifs is 6. The molecule has 5 heteroatoms. The predicted octanol–water partition coefficient (Wildman–Crippen LogP) is 14.0. The summed E-state index contributed by atoms with van der Waals surface area (Å²) in [5, 5.41) is 4.88. The highest BCUT2D eigenvalue weighted by Crippen LogP contribution is 2.37. The minimum absolute atomic E-state index is 0.373. The van der Waals surface area contributed by atoms with Gasteiger partial charge in [-0.2, -0.15) is 0 Å². The number of nitrogens with two attached hydrogens (primary N) is 1. The van der Waals surface area contributed by atoms with E-state index in [2.05, 4.69) is 167 Å². The Bertz CT molecular complexity index is 3540. The highest BCUT2D eigenvalue weighted by Gasteiger charge is 2.16. The van der Waals surface area contributed by atoms with Gasteiger partial charge in [0.1, 0.15) is 5.84 Å². The first-order valence-electron chi connectivity index (χ1n) is 21.1. The Morgan fingerprint density at radius 1 is 0.349 bits per heavy atom. The number of nitrogens with zero attached hydrogens (tertiary/aromatic N) is 4. The Balaban J connectivity index is 0.930. The van der Waals surface area contributed by atoms with Gasteiger partial charge in [-0.1, -0.05) is 164 Å². The van der Waals surface area contributed by atoms with Gasteiger partial charge in [-0.05, 0) is 94.5 Å². The third-order valence-corrected chi connectivity index (χ3v) is 11.9. The summed E-state index contributed by atoms with van der Waals surface area (Å²) in [6, 6.07) is 78.5. The highest BCUT2D eigenvalue weighted by atomic mass is 15.0. The molecule has 0 amide bonds. The third kappa shape index (κ3) is 6.88. The lowest BCUT2D eigenvalue weighted by Gasteiger charge is -2.11. The number of para-hydroxylation sites is 2. The molecule has 298 valence electrons. The van der Waals surface area contributed by atoms with Crippen molar-refractivity contribution in [2.75, 3.05) is 0 Å². The summed E-state index contributed by atoms with van der Waals surface area (Å²) < 4.78 is 4.71. The number of rotatable bonds is 8. The normalized spacial score (nSPS) is 12.1. The number of hydrogen-bond acceptors (Lipinski definition) is 1. The van der Waals surface area contributed by atoms with Crippen molar-refractivity contribution in [3.63, 3.8) is 0 Å². The van der Waals surface area contributed by atoms with Crippen LogP contribution >= 0.6 is 0 Å². The van der Waals surface area contributed by atoms with Crippen LogP contribution in [0.1, 0.15) is 16.7 Å². The lowest BCUT2D eigenvalue weighted by atomic mass is 10.0. The average Bonchev–Trinajstić information content (AvgIpc) is 3.87.